The zero-order chi connectivity index (χ0) is 27.9. The van der Waals surface area contributed by atoms with E-state index in [1.165, 1.54) is 19.4 Å². The summed E-state index contributed by atoms with van der Waals surface area (Å²) in [6.07, 6.45) is 12.2. The third-order valence-electron chi connectivity index (χ3n) is 8.56. The highest BCUT2D eigenvalue weighted by molar-refractivity contribution is 5.96. The van der Waals surface area contributed by atoms with E-state index < -0.39 is 0 Å². The van der Waals surface area contributed by atoms with Gasteiger partial charge in [-0.15, -0.1) is 0 Å². The maximum Gasteiger partial charge on any atom is 0.260 e. The quantitative estimate of drug-likeness (QED) is 0.362. The van der Waals surface area contributed by atoms with Gasteiger partial charge in [0.05, 0.1) is 26.2 Å². The van der Waals surface area contributed by atoms with E-state index in [0.29, 0.717) is 41.7 Å². The van der Waals surface area contributed by atoms with Gasteiger partial charge in [-0.05, 0) is 99.3 Å². The Balaban J connectivity index is 1.33. The normalized spacial score (nSPS) is 17.3. The smallest absolute Gasteiger partial charge is 0.260 e. The van der Waals surface area contributed by atoms with E-state index in [4.69, 9.17) is 14.2 Å². The van der Waals surface area contributed by atoms with Crippen molar-refractivity contribution in [3.8, 4) is 28.4 Å². The summed E-state index contributed by atoms with van der Waals surface area (Å²) in [4.78, 5) is 20.0. The molecule has 1 N–H and O–H groups in total. The molecular weight excluding hydrogens is 504 g/mol. The third-order valence-corrected chi connectivity index (χ3v) is 8.56. The summed E-state index contributed by atoms with van der Waals surface area (Å²) in [6, 6.07) is 5.88. The molecule has 8 heteroatoms. The molecule has 0 saturated carbocycles. The Morgan fingerprint density at radius 3 is 2.40 bits per heavy atom. The van der Waals surface area contributed by atoms with Crippen molar-refractivity contribution in [1.29, 1.82) is 0 Å². The largest absolute Gasteiger partial charge is 0.493 e. The molecule has 8 nitrogen and oxygen atoms in total. The molecule has 0 aliphatic carbocycles. The Labute approximate surface area is 237 Å². The van der Waals surface area contributed by atoms with Gasteiger partial charge in [-0.3, -0.25) is 9.78 Å². The van der Waals surface area contributed by atoms with Gasteiger partial charge in [0.1, 0.15) is 0 Å². The summed E-state index contributed by atoms with van der Waals surface area (Å²) < 4.78 is 19.8. The van der Waals surface area contributed by atoms with Crippen LogP contribution in [0, 0.1) is 11.8 Å². The number of hydrogen-bond donors (Lipinski definition) is 1. The first-order valence-corrected chi connectivity index (χ1v) is 14.9. The van der Waals surface area contributed by atoms with Crippen LogP contribution in [0.25, 0.3) is 21.9 Å². The van der Waals surface area contributed by atoms with E-state index >= 15 is 0 Å². The zero-order valence-electron chi connectivity index (χ0n) is 24.3. The second-order valence-electron chi connectivity index (χ2n) is 11.3. The number of unbranched alkanes of at least 4 members (excludes halogenated alkanes) is 1. The maximum absolute atomic E-state index is 13.1. The summed E-state index contributed by atoms with van der Waals surface area (Å²) in [5.74, 6) is 3.24. The summed E-state index contributed by atoms with van der Waals surface area (Å²) in [7, 11) is 3.32. The highest BCUT2D eigenvalue weighted by Gasteiger charge is 2.25. The van der Waals surface area contributed by atoms with E-state index in [1.54, 1.807) is 31.2 Å². The van der Waals surface area contributed by atoms with Crippen LogP contribution in [0.4, 0.5) is 0 Å². The van der Waals surface area contributed by atoms with Crippen molar-refractivity contribution < 1.29 is 14.2 Å². The van der Waals surface area contributed by atoms with Gasteiger partial charge in [-0.25, -0.2) is 0 Å². The first-order valence-electron chi connectivity index (χ1n) is 14.9. The van der Waals surface area contributed by atoms with Crippen molar-refractivity contribution in [3.05, 3.63) is 47.1 Å². The highest BCUT2D eigenvalue weighted by atomic mass is 16.5. The van der Waals surface area contributed by atoms with Crippen LogP contribution < -0.4 is 25.1 Å². The fourth-order valence-electron chi connectivity index (χ4n) is 6.11. The number of rotatable bonds is 11. The Morgan fingerprint density at radius 1 is 1.00 bits per heavy atom. The molecule has 0 amide bonds. The predicted octanol–water partition coefficient (Wildman–Crippen LogP) is 4.97. The number of benzene rings is 1. The fourth-order valence-corrected chi connectivity index (χ4v) is 6.11. The lowest BCUT2D eigenvalue weighted by molar-refractivity contribution is 0.118. The molecule has 5 rings (SSSR count). The van der Waals surface area contributed by atoms with Gasteiger partial charge < -0.3 is 29.0 Å². The van der Waals surface area contributed by atoms with Crippen molar-refractivity contribution in [2.24, 2.45) is 11.8 Å². The van der Waals surface area contributed by atoms with E-state index in [0.717, 1.165) is 74.3 Å². The fraction of sp³-hybridized carbons (Fsp3) is 0.562. The van der Waals surface area contributed by atoms with E-state index in [9.17, 15) is 4.79 Å². The Hall–Kier alpha value is -3.10. The molecule has 2 aromatic heterocycles. The highest BCUT2D eigenvalue weighted by Crippen LogP contribution is 2.43. The van der Waals surface area contributed by atoms with Crippen LogP contribution in [-0.4, -0.2) is 68.0 Å². The van der Waals surface area contributed by atoms with E-state index in [2.05, 4.69) is 22.1 Å². The van der Waals surface area contributed by atoms with Gasteiger partial charge in [0.15, 0.2) is 11.5 Å². The average Bonchev–Trinajstić information content (AvgIpc) is 3.00. The van der Waals surface area contributed by atoms with Crippen LogP contribution >= 0.6 is 0 Å². The lowest BCUT2D eigenvalue weighted by Crippen LogP contribution is -2.41. The number of pyridine rings is 2. The van der Waals surface area contributed by atoms with Gasteiger partial charge in [-0.1, -0.05) is 13.3 Å². The predicted molar refractivity (Wildman–Crippen MR) is 160 cm³/mol. The first-order chi connectivity index (χ1) is 19.6. The molecule has 2 aliphatic heterocycles. The number of nitrogens with zero attached hydrogens (tertiary/aromatic N) is 3. The summed E-state index contributed by atoms with van der Waals surface area (Å²) in [5, 5.41) is 4.95. The number of ether oxygens (including phenoxy) is 3. The lowest BCUT2D eigenvalue weighted by atomic mass is 9.94. The SMILES string of the molecule is CCCCn1cc(-c2cc(OC)c(OCC3CCN(CC4CCNCC4)CC3)c(OC)c2)c2ccncc2c1=O. The average molecular weight is 549 g/mol. The van der Waals surface area contributed by atoms with Gasteiger partial charge in [-0.2, -0.15) is 0 Å². The number of hydrogen-bond acceptors (Lipinski definition) is 7. The second-order valence-corrected chi connectivity index (χ2v) is 11.3. The minimum atomic E-state index is -0.0130. The Morgan fingerprint density at radius 2 is 1.73 bits per heavy atom. The number of fused-ring (bicyclic) bond motifs is 1. The van der Waals surface area contributed by atoms with Crippen LogP contribution in [0.2, 0.25) is 0 Å². The number of methoxy groups -OCH3 is 2. The first kappa shape index (κ1) is 28.4. The summed E-state index contributed by atoms with van der Waals surface area (Å²) in [5.41, 5.74) is 1.84. The molecular formula is C32H44N4O4. The molecule has 2 saturated heterocycles. The van der Waals surface area contributed by atoms with Crippen LogP contribution in [0.5, 0.6) is 17.2 Å². The summed E-state index contributed by atoms with van der Waals surface area (Å²) >= 11 is 0. The molecule has 4 heterocycles. The minimum Gasteiger partial charge on any atom is -0.493 e. The molecule has 0 spiro atoms. The number of piperidine rings is 2. The Bertz CT molecular complexity index is 1300. The maximum atomic E-state index is 13.1. The third kappa shape index (κ3) is 6.44. The number of aromatic nitrogens is 2. The van der Waals surface area contributed by atoms with Gasteiger partial charge in [0.25, 0.3) is 5.56 Å². The molecule has 0 unspecified atom stereocenters. The van der Waals surface area contributed by atoms with E-state index in [-0.39, 0.29) is 5.56 Å². The number of aryl methyl sites for hydroxylation is 1. The van der Waals surface area contributed by atoms with Crippen molar-refractivity contribution >= 4 is 10.8 Å². The molecule has 1 aromatic carbocycles. The standard InChI is InChI=1S/C32H44N4O4/c1-4-5-14-36-21-28(26-8-13-34-19-27(26)32(36)37)25-17-29(38-2)31(30(18-25)39-3)40-22-24-9-15-35(16-10-24)20-23-6-11-33-12-7-23/h8,13,17-19,21,23-24,33H,4-7,9-12,14-16,20,22H2,1-3H3. The van der Waals surface area contributed by atoms with Gasteiger partial charge in [0.2, 0.25) is 5.75 Å². The zero-order valence-corrected chi connectivity index (χ0v) is 24.3. The topological polar surface area (TPSA) is 77.8 Å². The van der Waals surface area contributed by atoms with Gasteiger partial charge in [0, 0.05) is 37.2 Å². The molecule has 0 radical (unpaired) electrons. The van der Waals surface area contributed by atoms with Crippen molar-refractivity contribution in [1.82, 2.24) is 19.8 Å². The van der Waals surface area contributed by atoms with Crippen LogP contribution in [0.15, 0.2) is 41.6 Å². The number of nitrogens with one attached hydrogen (secondary N) is 1. The molecule has 216 valence electrons. The van der Waals surface area contributed by atoms with Crippen LogP contribution in [-0.2, 0) is 6.54 Å². The molecule has 40 heavy (non-hydrogen) atoms. The molecule has 2 aliphatic rings. The Kier molecular flexibility index (Phi) is 9.60. The monoisotopic (exact) mass is 548 g/mol. The minimum absolute atomic E-state index is 0.0130. The van der Waals surface area contributed by atoms with E-state index in [1.807, 2.05) is 24.4 Å². The van der Waals surface area contributed by atoms with Crippen LogP contribution in [0.1, 0.15) is 45.4 Å². The molecule has 0 atom stereocenters. The van der Waals surface area contributed by atoms with Crippen LogP contribution in [0.3, 0.4) is 0 Å². The lowest BCUT2D eigenvalue weighted by Gasteiger charge is -2.35. The second kappa shape index (κ2) is 13.5. The van der Waals surface area contributed by atoms with Crippen molar-refractivity contribution in [3.63, 3.8) is 0 Å². The molecule has 0 bridgehead atoms. The number of likely N-dealkylation sites (tertiary alicyclic amines) is 1. The molecule has 3 aromatic rings. The van der Waals surface area contributed by atoms with Crippen molar-refractivity contribution in [2.45, 2.75) is 52.0 Å². The van der Waals surface area contributed by atoms with Crippen molar-refractivity contribution in [2.75, 3.05) is 53.6 Å². The van der Waals surface area contributed by atoms with Gasteiger partial charge >= 0.3 is 0 Å². The summed E-state index contributed by atoms with van der Waals surface area (Å²) in [6.45, 7) is 9.27. The molecule has 2 fully saturated rings.